The first-order valence-corrected chi connectivity index (χ1v) is 8.74. The highest BCUT2D eigenvalue weighted by Gasteiger charge is 2.16. The maximum Gasteiger partial charge on any atom is 0.274 e. The number of nitrogens with zero attached hydrogens (tertiary/aromatic N) is 1. The van der Waals surface area contributed by atoms with E-state index in [4.69, 9.17) is 0 Å². The summed E-state index contributed by atoms with van der Waals surface area (Å²) in [6.07, 6.45) is 0.981. The van der Waals surface area contributed by atoms with Crippen LogP contribution < -0.4 is 10.0 Å². The zero-order valence-corrected chi connectivity index (χ0v) is 13.5. The predicted octanol–water partition coefficient (Wildman–Crippen LogP) is 1.90. The van der Waals surface area contributed by atoms with Crippen molar-refractivity contribution in [2.24, 2.45) is 0 Å². The zero-order valence-electron chi connectivity index (χ0n) is 12.7. The summed E-state index contributed by atoms with van der Waals surface area (Å²) in [5, 5.41) is 13.5. The normalized spacial score (nSPS) is 10.9. The number of anilines is 1. The van der Waals surface area contributed by atoms with Crippen LogP contribution in [-0.2, 0) is 16.6 Å². The lowest BCUT2D eigenvalue weighted by atomic mass is 10.1. The SMILES string of the molecule is CS(=O)(=O)Nc1ccccc1C(=O)NCc1ccccc1[N+](=O)[O-]. The molecule has 0 unspecified atom stereocenters. The quantitative estimate of drug-likeness (QED) is 0.610. The molecule has 0 aliphatic rings. The third-order valence-corrected chi connectivity index (χ3v) is 3.69. The molecule has 0 saturated carbocycles. The summed E-state index contributed by atoms with van der Waals surface area (Å²) < 4.78 is 25.0. The zero-order chi connectivity index (χ0) is 17.7. The van der Waals surface area contributed by atoms with Gasteiger partial charge in [0.15, 0.2) is 0 Å². The minimum atomic E-state index is -3.54. The summed E-state index contributed by atoms with van der Waals surface area (Å²) in [6, 6.07) is 12.2. The minimum Gasteiger partial charge on any atom is -0.348 e. The first-order valence-electron chi connectivity index (χ1n) is 6.85. The van der Waals surface area contributed by atoms with E-state index in [1.165, 1.54) is 24.3 Å². The Bertz CT molecular complexity index is 880. The molecule has 0 fully saturated rings. The summed E-state index contributed by atoms with van der Waals surface area (Å²) in [7, 11) is -3.54. The molecule has 0 bridgehead atoms. The van der Waals surface area contributed by atoms with E-state index < -0.39 is 20.9 Å². The van der Waals surface area contributed by atoms with Crippen molar-refractivity contribution in [2.75, 3.05) is 11.0 Å². The first kappa shape index (κ1) is 17.4. The fourth-order valence-corrected chi connectivity index (χ4v) is 2.66. The minimum absolute atomic E-state index is 0.0524. The van der Waals surface area contributed by atoms with Crippen molar-refractivity contribution < 1.29 is 18.1 Å². The van der Waals surface area contributed by atoms with Gasteiger partial charge < -0.3 is 5.32 Å². The molecule has 0 atom stereocenters. The summed E-state index contributed by atoms with van der Waals surface area (Å²) in [4.78, 5) is 22.7. The first-order chi connectivity index (χ1) is 11.3. The van der Waals surface area contributed by atoms with Gasteiger partial charge in [0.1, 0.15) is 0 Å². The number of nitro benzene ring substituents is 1. The van der Waals surface area contributed by atoms with Crippen molar-refractivity contribution in [1.82, 2.24) is 5.32 Å². The van der Waals surface area contributed by atoms with Gasteiger partial charge in [-0.05, 0) is 12.1 Å². The van der Waals surface area contributed by atoms with Crippen molar-refractivity contribution in [1.29, 1.82) is 0 Å². The monoisotopic (exact) mass is 349 g/mol. The Morgan fingerprint density at radius 2 is 1.75 bits per heavy atom. The number of para-hydroxylation sites is 2. The van der Waals surface area contributed by atoms with Crippen molar-refractivity contribution in [3.8, 4) is 0 Å². The number of rotatable bonds is 6. The Morgan fingerprint density at radius 3 is 2.42 bits per heavy atom. The number of sulfonamides is 1. The van der Waals surface area contributed by atoms with Crippen LogP contribution in [0.3, 0.4) is 0 Å². The molecule has 2 aromatic carbocycles. The highest BCUT2D eigenvalue weighted by Crippen LogP contribution is 2.19. The highest BCUT2D eigenvalue weighted by molar-refractivity contribution is 7.92. The summed E-state index contributed by atoms with van der Waals surface area (Å²) in [5.74, 6) is -0.542. The van der Waals surface area contributed by atoms with Gasteiger partial charge >= 0.3 is 0 Å². The molecule has 0 heterocycles. The van der Waals surface area contributed by atoms with Crippen molar-refractivity contribution in [3.63, 3.8) is 0 Å². The number of carbonyl (C=O) groups excluding carboxylic acids is 1. The van der Waals surface area contributed by atoms with Gasteiger partial charge in [-0.15, -0.1) is 0 Å². The molecule has 0 aromatic heterocycles. The molecule has 24 heavy (non-hydrogen) atoms. The standard InChI is InChI=1S/C15H15N3O5S/c1-24(22,23)17-13-8-4-3-7-12(13)15(19)16-10-11-6-2-5-9-14(11)18(20)21/h2-9,17H,10H2,1H3,(H,16,19). The number of nitro groups is 1. The molecule has 2 N–H and O–H groups in total. The van der Waals surface area contributed by atoms with Crippen LogP contribution in [0, 0.1) is 10.1 Å². The maximum absolute atomic E-state index is 12.3. The molecule has 0 aliphatic heterocycles. The number of hydrogen-bond acceptors (Lipinski definition) is 5. The van der Waals surface area contributed by atoms with Crippen molar-refractivity contribution >= 4 is 27.3 Å². The van der Waals surface area contributed by atoms with E-state index in [0.717, 1.165) is 6.26 Å². The molecule has 0 saturated heterocycles. The van der Waals surface area contributed by atoms with Crippen molar-refractivity contribution in [2.45, 2.75) is 6.54 Å². The number of nitrogens with one attached hydrogen (secondary N) is 2. The molecular weight excluding hydrogens is 334 g/mol. The highest BCUT2D eigenvalue weighted by atomic mass is 32.2. The van der Waals surface area contributed by atoms with Crippen LogP contribution in [0.15, 0.2) is 48.5 Å². The average molecular weight is 349 g/mol. The molecule has 126 valence electrons. The predicted molar refractivity (Wildman–Crippen MR) is 89.2 cm³/mol. The second-order valence-electron chi connectivity index (χ2n) is 4.99. The van der Waals surface area contributed by atoms with Crippen LogP contribution >= 0.6 is 0 Å². The topological polar surface area (TPSA) is 118 Å². The van der Waals surface area contributed by atoms with E-state index in [1.807, 2.05) is 0 Å². The second-order valence-corrected chi connectivity index (χ2v) is 6.74. The molecule has 8 nitrogen and oxygen atoms in total. The number of carbonyl (C=O) groups is 1. The smallest absolute Gasteiger partial charge is 0.274 e. The number of hydrogen-bond donors (Lipinski definition) is 2. The average Bonchev–Trinajstić information content (AvgIpc) is 2.51. The van der Waals surface area contributed by atoms with Crippen molar-refractivity contribution in [3.05, 3.63) is 69.8 Å². The molecule has 9 heteroatoms. The van der Waals surface area contributed by atoms with Crippen LogP contribution in [-0.4, -0.2) is 25.5 Å². The van der Waals surface area contributed by atoms with Gasteiger partial charge in [-0.2, -0.15) is 0 Å². The van der Waals surface area contributed by atoms with Crippen LogP contribution in [0.2, 0.25) is 0 Å². The Hall–Kier alpha value is -2.94. The Kier molecular flexibility index (Phi) is 5.14. The summed E-state index contributed by atoms with van der Waals surface area (Å²) >= 11 is 0. The van der Waals surface area contributed by atoms with Crippen LogP contribution in [0.4, 0.5) is 11.4 Å². The van der Waals surface area contributed by atoms with Gasteiger partial charge in [-0.25, -0.2) is 8.42 Å². The number of benzene rings is 2. The largest absolute Gasteiger partial charge is 0.348 e. The fraction of sp³-hybridized carbons (Fsp3) is 0.133. The van der Waals surface area contributed by atoms with Gasteiger partial charge in [-0.3, -0.25) is 19.6 Å². The van der Waals surface area contributed by atoms with Gasteiger partial charge in [0.05, 0.1) is 22.4 Å². The van der Waals surface area contributed by atoms with Crippen LogP contribution in [0.5, 0.6) is 0 Å². The van der Waals surface area contributed by atoms with E-state index in [0.29, 0.717) is 5.56 Å². The van der Waals surface area contributed by atoms with Gasteiger partial charge in [0, 0.05) is 18.2 Å². The molecule has 0 aliphatic carbocycles. The Morgan fingerprint density at radius 1 is 1.12 bits per heavy atom. The van der Waals surface area contributed by atoms with E-state index in [1.54, 1.807) is 24.3 Å². The van der Waals surface area contributed by atoms with Crippen LogP contribution in [0.1, 0.15) is 15.9 Å². The summed E-state index contributed by atoms with van der Waals surface area (Å²) in [5.41, 5.74) is 0.520. The second kappa shape index (κ2) is 7.09. The summed E-state index contributed by atoms with van der Waals surface area (Å²) in [6.45, 7) is -0.0524. The van der Waals surface area contributed by atoms with Crippen LogP contribution in [0.25, 0.3) is 0 Å². The fourth-order valence-electron chi connectivity index (χ4n) is 2.08. The number of amides is 1. The van der Waals surface area contributed by atoms with E-state index in [-0.39, 0.29) is 23.5 Å². The third kappa shape index (κ3) is 4.53. The Labute approximate surface area is 138 Å². The molecule has 2 aromatic rings. The molecular formula is C15H15N3O5S. The molecule has 0 spiro atoms. The van der Waals surface area contributed by atoms with E-state index in [9.17, 15) is 23.3 Å². The lowest BCUT2D eigenvalue weighted by Crippen LogP contribution is -2.25. The molecule has 1 amide bonds. The van der Waals surface area contributed by atoms with Gasteiger partial charge in [-0.1, -0.05) is 30.3 Å². The van der Waals surface area contributed by atoms with Gasteiger partial charge in [0.2, 0.25) is 10.0 Å². The van der Waals surface area contributed by atoms with E-state index in [2.05, 4.69) is 10.0 Å². The molecule has 0 radical (unpaired) electrons. The van der Waals surface area contributed by atoms with E-state index >= 15 is 0 Å². The lowest BCUT2D eigenvalue weighted by Gasteiger charge is -2.11. The maximum atomic E-state index is 12.3. The molecule has 2 rings (SSSR count). The third-order valence-electron chi connectivity index (χ3n) is 3.09. The van der Waals surface area contributed by atoms with Gasteiger partial charge in [0.25, 0.3) is 11.6 Å². The lowest BCUT2D eigenvalue weighted by molar-refractivity contribution is -0.385. The Balaban J connectivity index is 2.19.